The smallest absolute Gasteiger partial charge is 0.333 e. The van der Waals surface area contributed by atoms with Crippen molar-refractivity contribution in [3.8, 4) is 5.75 Å². The number of hydrogen-bond acceptors (Lipinski definition) is 6. The van der Waals surface area contributed by atoms with Gasteiger partial charge in [0.25, 0.3) is 5.56 Å². The number of esters is 1. The van der Waals surface area contributed by atoms with Gasteiger partial charge in [0.2, 0.25) is 5.91 Å². The van der Waals surface area contributed by atoms with Gasteiger partial charge in [-0.3, -0.25) is 14.2 Å². The molecule has 1 fully saturated rings. The molecule has 1 aliphatic heterocycles. The van der Waals surface area contributed by atoms with Crippen molar-refractivity contribution in [1.82, 2.24) is 9.47 Å². The van der Waals surface area contributed by atoms with Crippen LogP contribution in [0.3, 0.4) is 0 Å². The quantitative estimate of drug-likeness (QED) is 0.427. The number of carbonyl (C=O) groups is 2. The van der Waals surface area contributed by atoms with Gasteiger partial charge in [0.1, 0.15) is 23.6 Å². The maximum atomic E-state index is 13.3. The topological polar surface area (TPSA) is 77.8 Å². The van der Waals surface area contributed by atoms with Crippen molar-refractivity contribution in [2.24, 2.45) is 5.92 Å². The van der Waals surface area contributed by atoms with Crippen molar-refractivity contribution >= 4 is 35.4 Å². The normalized spacial score (nSPS) is 15.1. The minimum Gasteiger partial charge on any atom is -0.489 e. The number of amides is 1. The molecular formula is C29H32N2O5S. The molecule has 1 saturated heterocycles. The molecule has 0 bridgehead atoms. The first-order valence-electron chi connectivity index (χ1n) is 12.6. The average Bonchev–Trinajstić information content (AvgIpc) is 3.18. The van der Waals surface area contributed by atoms with Crippen molar-refractivity contribution in [3.05, 3.63) is 85.3 Å². The highest BCUT2D eigenvalue weighted by Crippen LogP contribution is 2.16. The predicted octanol–water partition coefficient (Wildman–Crippen LogP) is 2.92. The Hall–Kier alpha value is -3.65. The van der Waals surface area contributed by atoms with Crippen LogP contribution in [0.15, 0.2) is 59.4 Å². The second kappa shape index (κ2) is 12.5. The first-order valence-corrected chi connectivity index (χ1v) is 13.4. The van der Waals surface area contributed by atoms with Crippen LogP contribution in [0.4, 0.5) is 0 Å². The zero-order valence-corrected chi connectivity index (χ0v) is 22.0. The van der Waals surface area contributed by atoms with E-state index in [0.29, 0.717) is 34.8 Å². The van der Waals surface area contributed by atoms with Crippen molar-refractivity contribution in [1.29, 1.82) is 0 Å². The molecule has 0 atom stereocenters. The standard InChI is InChI=1S/C29H32N2O5S/c1-3-35-28(33)18-27-31(19-26(32)30-15-13-21(2)14-16-30)29(34)25(37-27)17-22-9-11-24(12-10-22)36-20-23-7-5-4-6-8-23/h4-12,17-18,21H,3,13-16,19-20H2,1-2H3/b25-17-,27-18-. The monoisotopic (exact) mass is 520 g/mol. The number of ether oxygens (including phenoxy) is 2. The molecule has 194 valence electrons. The molecule has 2 heterocycles. The zero-order chi connectivity index (χ0) is 26.2. The number of benzene rings is 2. The molecule has 7 nitrogen and oxygen atoms in total. The number of likely N-dealkylation sites (tertiary alicyclic amines) is 1. The van der Waals surface area contributed by atoms with E-state index in [9.17, 15) is 14.4 Å². The maximum absolute atomic E-state index is 13.3. The lowest BCUT2D eigenvalue weighted by atomic mass is 9.99. The van der Waals surface area contributed by atoms with Crippen LogP contribution >= 0.6 is 11.3 Å². The van der Waals surface area contributed by atoms with Crippen LogP contribution < -0.4 is 19.5 Å². The Morgan fingerprint density at radius 2 is 1.76 bits per heavy atom. The summed E-state index contributed by atoms with van der Waals surface area (Å²) in [5, 5.41) is 0. The highest BCUT2D eigenvalue weighted by Gasteiger charge is 2.21. The summed E-state index contributed by atoms with van der Waals surface area (Å²) in [5.41, 5.74) is 1.59. The Morgan fingerprint density at radius 3 is 2.43 bits per heavy atom. The summed E-state index contributed by atoms with van der Waals surface area (Å²) in [7, 11) is 0. The molecule has 37 heavy (non-hydrogen) atoms. The summed E-state index contributed by atoms with van der Waals surface area (Å²) in [6.45, 7) is 5.88. The molecule has 2 aromatic carbocycles. The number of piperidine rings is 1. The van der Waals surface area contributed by atoms with Gasteiger partial charge in [-0.05, 0) is 55.0 Å². The van der Waals surface area contributed by atoms with Gasteiger partial charge in [0.15, 0.2) is 0 Å². The van der Waals surface area contributed by atoms with Gasteiger partial charge in [0, 0.05) is 13.1 Å². The minimum absolute atomic E-state index is 0.102. The lowest BCUT2D eigenvalue weighted by Crippen LogP contribution is -2.43. The van der Waals surface area contributed by atoms with Gasteiger partial charge in [-0.1, -0.05) is 49.4 Å². The summed E-state index contributed by atoms with van der Waals surface area (Å²) < 4.78 is 13.1. The summed E-state index contributed by atoms with van der Waals surface area (Å²) in [5.74, 6) is 0.666. The number of hydrogen-bond donors (Lipinski definition) is 0. The number of thiazole rings is 1. The fourth-order valence-electron chi connectivity index (χ4n) is 4.12. The van der Waals surface area contributed by atoms with Gasteiger partial charge >= 0.3 is 5.97 Å². The summed E-state index contributed by atoms with van der Waals surface area (Å²) >= 11 is 1.17. The number of aromatic nitrogens is 1. The van der Waals surface area contributed by atoms with Gasteiger partial charge in [-0.2, -0.15) is 0 Å². The minimum atomic E-state index is -0.539. The van der Waals surface area contributed by atoms with Crippen LogP contribution in [0.5, 0.6) is 5.75 Å². The second-order valence-corrected chi connectivity index (χ2v) is 10.2. The van der Waals surface area contributed by atoms with E-state index in [1.54, 1.807) is 17.9 Å². The molecule has 0 spiro atoms. The van der Waals surface area contributed by atoms with E-state index in [2.05, 4.69) is 6.92 Å². The molecule has 0 N–H and O–H groups in total. The van der Waals surface area contributed by atoms with E-state index in [4.69, 9.17) is 9.47 Å². The molecule has 1 aliphatic rings. The van der Waals surface area contributed by atoms with Crippen molar-refractivity contribution in [2.45, 2.75) is 39.8 Å². The Morgan fingerprint density at radius 1 is 1.05 bits per heavy atom. The van der Waals surface area contributed by atoms with Crippen molar-refractivity contribution < 1.29 is 19.1 Å². The number of carbonyl (C=O) groups excluding carboxylic acids is 2. The molecule has 0 radical (unpaired) electrons. The molecule has 0 aliphatic carbocycles. The first-order chi connectivity index (χ1) is 17.9. The third-order valence-corrected chi connectivity index (χ3v) is 7.38. The Kier molecular flexibility index (Phi) is 8.95. The highest BCUT2D eigenvalue weighted by molar-refractivity contribution is 7.07. The Balaban J connectivity index is 1.57. The fourth-order valence-corrected chi connectivity index (χ4v) is 5.15. The predicted molar refractivity (Wildman–Crippen MR) is 145 cm³/mol. The van der Waals surface area contributed by atoms with Crippen LogP contribution in [0.25, 0.3) is 12.2 Å². The maximum Gasteiger partial charge on any atom is 0.333 e. The molecule has 1 aromatic heterocycles. The first kappa shape index (κ1) is 26.4. The highest BCUT2D eigenvalue weighted by atomic mass is 32.1. The SMILES string of the molecule is CCOC(=O)/C=c1\s/c(=C\c2ccc(OCc3ccccc3)cc2)c(=O)n1CC(=O)N1CCC(C)CC1. The van der Waals surface area contributed by atoms with E-state index in [1.165, 1.54) is 22.0 Å². The summed E-state index contributed by atoms with van der Waals surface area (Å²) in [6.07, 6.45) is 4.96. The lowest BCUT2D eigenvalue weighted by Gasteiger charge is -2.30. The third kappa shape index (κ3) is 7.20. The fraction of sp³-hybridized carbons (Fsp3) is 0.345. The summed E-state index contributed by atoms with van der Waals surface area (Å²) in [6, 6.07) is 17.4. The average molecular weight is 521 g/mol. The number of rotatable bonds is 8. The van der Waals surface area contributed by atoms with Crippen LogP contribution in [0.1, 0.15) is 37.8 Å². The molecule has 0 unspecified atom stereocenters. The van der Waals surface area contributed by atoms with Gasteiger partial charge < -0.3 is 14.4 Å². The van der Waals surface area contributed by atoms with Crippen LogP contribution in [-0.2, 0) is 27.5 Å². The van der Waals surface area contributed by atoms with Gasteiger partial charge in [0.05, 0.1) is 17.2 Å². The molecule has 3 aromatic rings. The second-order valence-electron chi connectivity index (χ2n) is 9.14. The van der Waals surface area contributed by atoms with Gasteiger partial charge in [-0.25, -0.2) is 4.79 Å². The lowest BCUT2D eigenvalue weighted by molar-refractivity contribution is -0.136. The number of nitrogens with zero attached hydrogens (tertiary/aromatic N) is 2. The van der Waals surface area contributed by atoms with E-state index in [-0.39, 0.29) is 24.6 Å². The van der Waals surface area contributed by atoms with Crippen molar-refractivity contribution in [2.75, 3.05) is 19.7 Å². The molecule has 8 heteroatoms. The van der Waals surface area contributed by atoms with Crippen LogP contribution in [0, 0.1) is 5.92 Å². The molecular weight excluding hydrogens is 488 g/mol. The van der Waals surface area contributed by atoms with E-state index in [1.807, 2.05) is 54.6 Å². The third-order valence-electron chi connectivity index (χ3n) is 6.32. The molecule has 1 amide bonds. The summed E-state index contributed by atoms with van der Waals surface area (Å²) in [4.78, 5) is 40.2. The van der Waals surface area contributed by atoms with E-state index >= 15 is 0 Å². The largest absolute Gasteiger partial charge is 0.489 e. The Bertz CT molecular complexity index is 1380. The van der Waals surface area contributed by atoms with Crippen molar-refractivity contribution in [3.63, 3.8) is 0 Å². The van der Waals surface area contributed by atoms with Crippen LogP contribution in [-0.4, -0.2) is 41.0 Å². The van der Waals surface area contributed by atoms with E-state index < -0.39 is 5.97 Å². The van der Waals surface area contributed by atoms with Crippen LogP contribution in [0.2, 0.25) is 0 Å². The van der Waals surface area contributed by atoms with Gasteiger partial charge in [-0.15, -0.1) is 11.3 Å². The molecule has 0 saturated carbocycles. The molecule has 4 rings (SSSR count). The van der Waals surface area contributed by atoms with E-state index in [0.717, 1.165) is 29.7 Å². The Labute approximate surface area is 220 Å². The zero-order valence-electron chi connectivity index (χ0n) is 21.2.